The van der Waals surface area contributed by atoms with Gasteiger partial charge in [-0.15, -0.1) is 0 Å². The SMILES string of the molecule is CC(C)CC(NC(=O)C(Cc1ccc(O)cc1)NC(=O)C1CCCN1C(=O)C(N)C(C)C)C(=O)O. The molecule has 1 heterocycles. The number of carbonyl (C=O) groups is 4. The number of aliphatic carboxylic acids is 1. The second-order valence-electron chi connectivity index (χ2n) is 9.92. The summed E-state index contributed by atoms with van der Waals surface area (Å²) in [6, 6.07) is 2.52. The lowest BCUT2D eigenvalue weighted by Gasteiger charge is -2.29. The third-order valence-electron chi connectivity index (χ3n) is 6.17. The molecule has 1 saturated heterocycles. The third kappa shape index (κ3) is 7.95. The molecule has 0 radical (unpaired) electrons. The van der Waals surface area contributed by atoms with Crippen molar-refractivity contribution in [2.24, 2.45) is 17.6 Å². The lowest BCUT2D eigenvalue weighted by atomic mass is 10.0. The summed E-state index contributed by atoms with van der Waals surface area (Å²) in [5.74, 6) is -2.57. The largest absolute Gasteiger partial charge is 0.508 e. The van der Waals surface area contributed by atoms with E-state index in [1.165, 1.54) is 17.0 Å². The molecule has 1 aliphatic heterocycles. The zero-order valence-electron chi connectivity index (χ0n) is 20.9. The van der Waals surface area contributed by atoms with Crippen LogP contribution in [0, 0.1) is 11.8 Å². The molecule has 4 atom stereocenters. The topological polar surface area (TPSA) is 162 Å². The molecule has 1 aliphatic rings. The number of phenolic OH excluding ortho intramolecular Hbond substituents is 1. The zero-order chi connectivity index (χ0) is 26.3. The molecule has 194 valence electrons. The van der Waals surface area contributed by atoms with Crippen LogP contribution < -0.4 is 16.4 Å². The molecule has 10 heteroatoms. The number of carbonyl (C=O) groups excluding carboxylic acids is 3. The van der Waals surface area contributed by atoms with Crippen LogP contribution in [0.1, 0.15) is 52.5 Å². The molecule has 4 unspecified atom stereocenters. The summed E-state index contributed by atoms with van der Waals surface area (Å²) in [5.41, 5.74) is 6.69. The van der Waals surface area contributed by atoms with E-state index in [4.69, 9.17) is 5.73 Å². The second kappa shape index (κ2) is 12.5. The number of carboxylic acid groups (broad SMARTS) is 1. The molecular formula is C25H38N4O6. The average Bonchev–Trinajstić information content (AvgIpc) is 3.28. The van der Waals surface area contributed by atoms with Gasteiger partial charge in [0.2, 0.25) is 17.7 Å². The molecule has 1 aromatic rings. The maximum Gasteiger partial charge on any atom is 0.326 e. The molecule has 0 aromatic heterocycles. The fourth-order valence-electron chi connectivity index (χ4n) is 4.09. The summed E-state index contributed by atoms with van der Waals surface area (Å²) in [5, 5.41) is 24.4. The van der Waals surface area contributed by atoms with E-state index in [1.54, 1.807) is 12.1 Å². The van der Waals surface area contributed by atoms with E-state index in [9.17, 15) is 29.4 Å². The van der Waals surface area contributed by atoms with Crippen LogP contribution in [0.15, 0.2) is 24.3 Å². The van der Waals surface area contributed by atoms with E-state index >= 15 is 0 Å². The maximum atomic E-state index is 13.2. The van der Waals surface area contributed by atoms with Gasteiger partial charge in [-0.3, -0.25) is 14.4 Å². The van der Waals surface area contributed by atoms with E-state index in [1.807, 2.05) is 27.7 Å². The van der Waals surface area contributed by atoms with Crippen LogP contribution >= 0.6 is 0 Å². The van der Waals surface area contributed by atoms with Gasteiger partial charge >= 0.3 is 5.97 Å². The number of hydrogen-bond donors (Lipinski definition) is 5. The predicted molar refractivity (Wildman–Crippen MR) is 130 cm³/mol. The highest BCUT2D eigenvalue weighted by Crippen LogP contribution is 2.20. The zero-order valence-corrected chi connectivity index (χ0v) is 20.9. The Hall–Kier alpha value is -3.14. The van der Waals surface area contributed by atoms with Gasteiger partial charge in [0.15, 0.2) is 0 Å². The maximum absolute atomic E-state index is 13.2. The monoisotopic (exact) mass is 490 g/mol. The highest BCUT2D eigenvalue weighted by Gasteiger charge is 2.38. The smallest absolute Gasteiger partial charge is 0.326 e. The Morgan fingerprint density at radius 2 is 1.69 bits per heavy atom. The summed E-state index contributed by atoms with van der Waals surface area (Å²) < 4.78 is 0. The third-order valence-corrected chi connectivity index (χ3v) is 6.17. The van der Waals surface area contributed by atoms with Crippen molar-refractivity contribution in [1.29, 1.82) is 0 Å². The quantitative estimate of drug-likeness (QED) is 0.309. The molecule has 2 rings (SSSR count). The summed E-state index contributed by atoms with van der Waals surface area (Å²) in [7, 11) is 0. The van der Waals surface area contributed by atoms with E-state index in [0.717, 1.165) is 0 Å². The molecule has 0 bridgehead atoms. The number of amides is 3. The molecule has 35 heavy (non-hydrogen) atoms. The summed E-state index contributed by atoms with van der Waals surface area (Å²) in [6.45, 7) is 7.78. The summed E-state index contributed by atoms with van der Waals surface area (Å²) in [6.07, 6.45) is 1.40. The lowest BCUT2D eigenvalue weighted by Crippen LogP contribution is -2.57. The van der Waals surface area contributed by atoms with Crippen LogP contribution in [0.25, 0.3) is 0 Å². The molecular weight excluding hydrogens is 452 g/mol. The van der Waals surface area contributed by atoms with Crippen molar-refractivity contribution in [1.82, 2.24) is 15.5 Å². The van der Waals surface area contributed by atoms with Gasteiger partial charge < -0.3 is 31.5 Å². The Morgan fingerprint density at radius 3 is 2.23 bits per heavy atom. The second-order valence-corrected chi connectivity index (χ2v) is 9.92. The van der Waals surface area contributed by atoms with Crippen molar-refractivity contribution in [2.45, 2.75) is 77.5 Å². The Kier molecular flexibility index (Phi) is 10.1. The number of nitrogens with one attached hydrogen (secondary N) is 2. The fraction of sp³-hybridized carbons (Fsp3) is 0.600. The van der Waals surface area contributed by atoms with Crippen LogP contribution in [-0.2, 0) is 25.6 Å². The molecule has 10 nitrogen and oxygen atoms in total. The number of nitrogens with zero attached hydrogens (tertiary/aromatic N) is 1. The van der Waals surface area contributed by atoms with E-state index in [-0.39, 0.29) is 36.3 Å². The number of rotatable bonds is 11. The first kappa shape index (κ1) is 28.1. The fourth-order valence-corrected chi connectivity index (χ4v) is 4.09. The molecule has 0 aliphatic carbocycles. The van der Waals surface area contributed by atoms with Gasteiger partial charge in [0.1, 0.15) is 23.9 Å². The Balaban J connectivity index is 2.22. The standard InChI is InChI=1S/C25H38N4O6/c1-14(2)12-19(25(34)35)28-22(31)18(13-16-7-9-17(30)10-8-16)27-23(32)20-6-5-11-29(20)24(33)21(26)15(3)4/h7-10,14-15,18-21,30H,5-6,11-13,26H2,1-4H3,(H,27,32)(H,28,31)(H,34,35). The van der Waals surface area contributed by atoms with Crippen LogP contribution in [0.4, 0.5) is 0 Å². The summed E-state index contributed by atoms with van der Waals surface area (Å²) in [4.78, 5) is 52.3. The number of carboxylic acids is 1. The number of benzene rings is 1. The first-order valence-electron chi connectivity index (χ1n) is 12.1. The van der Waals surface area contributed by atoms with Crippen LogP contribution in [0.5, 0.6) is 5.75 Å². The van der Waals surface area contributed by atoms with Crippen LogP contribution in [0.3, 0.4) is 0 Å². The molecule has 3 amide bonds. The first-order valence-corrected chi connectivity index (χ1v) is 12.1. The van der Waals surface area contributed by atoms with Crippen molar-refractivity contribution in [3.8, 4) is 5.75 Å². The van der Waals surface area contributed by atoms with Crippen molar-refractivity contribution in [2.75, 3.05) is 6.54 Å². The number of hydrogen-bond acceptors (Lipinski definition) is 6. The molecule has 6 N–H and O–H groups in total. The highest BCUT2D eigenvalue weighted by molar-refractivity contribution is 5.94. The van der Waals surface area contributed by atoms with Gasteiger partial charge in [-0.1, -0.05) is 39.8 Å². The number of nitrogens with two attached hydrogens (primary N) is 1. The number of aromatic hydroxyl groups is 1. The molecule has 1 fully saturated rings. The number of phenols is 1. The number of likely N-dealkylation sites (tertiary alicyclic amines) is 1. The Labute approximate surface area is 206 Å². The highest BCUT2D eigenvalue weighted by atomic mass is 16.4. The van der Waals surface area contributed by atoms with E-state index < -0.39 is 42.0 Å². The lowest BCUT2D eigenvalue weighted by molar-refractivity contribution is -0.143. The van der Waals surface area contributed by atoms with Crippen molar-refractivity contribution < 1.29 is 29.4 Å². The minimum Gasteiger partial charge on any atom is -0.508 e. The van der Waals surface area contributed by atoms with Crippen molar-refractivity contribution in [3.05, 3.63) is 29.8 Å². The van der Waals surface area contributed by atoms with Crippen LogP contribution in [-0.4, -0.2) is 69.5 Å². The first-order chi connectivity index (χ1) is 16.4. The van der Waals surface area contributed by atoms with E-state index in [0.29, 0.717) is 24.9 Å². The van der Waals surface area contributed by atoms with Crippen molar-refractivity contribution >= 4 is 23.7 Å². The van der Waals surface area contributed by atoms with Gasteiger partial charge in [-0.05, 0) is 48.8 Å². The van der Waals surface area contributed by atoms with Crippen molar-refractivity contribution in [3.63, 3.8) is 0 Å². The van der Waals surface area contributed by atoms with Gasteiger partial charge in [0, 0.05) is 13.0 Å². The molecule has 0 spiro atoms. The van der Waals surface area contributed by atoms with Gasteiger partial charge in [-0.2, -0.15) is 0 Å². The minimum atomic E-state index is -1.16. The van der Waals surface area contributed by atoms with Gasteiger partial charge in [-0.25, -0.2) is 4.79 Å². The molecule has 1 aromatic carbocycles. The minimum absolute atomic E-state index is 0.0322. The Morgan fingerprint density at radius 1 is 1.06 bits per heavy atom. The predicted octanol–water partition coefficient (Wildman–Crippen LogP) is 1.01. The van der Waals surface area contributed by atoms with E-state index in [2.05, 4.69) is 10.6 Å². The van der Waals surface area contributed by atoms with Crippen LogP contribution in [0.2, 0.25) is 0 Å². The normalized spacial score (nSPS) is 18.3. The van der Waals surface area contributed by atoms with Gasteiger partial charge in [0.25, 0.3) is 0 Å². The average molecular weight is 491 g/mol. The summed E-state index contributed by atoms with van der Waals surface area (Å²) >= 11 is 0. The van der Waals surface area contributed by atoms with Gasteiger partial charge in [0.05, 0.1) is 6.04 Å². The Bertz CT molecular complexity index is 902. The molecule has 0 saturated carbocycles.